The van der Waals surface area contributed by atoms with E-state index in [2.05, 4.69) is 30.8 Å². The lowest BCUT2D eigenvalue weighted by Gasteiger charge is -2.38. The molecule has 0 aliphatic heterocycles. The second-order valence-electron chi connectivity index (χ2n) is 4.54. The van der Waals surface area contributed by atoms with Crippen molar-refractivity contribution >= 4 is 0 Å². The van der Waals surface area contributed by atoms with Crippen molar-refractivity contribution in [2.24, 2.45) is 5.11 Å². The second-order valence-corrected chi connectivity index (χ2v) is 4.54. The Morgan fingerprint density at radius 3 is 1.81 bits per heavy atom. The van der Waals surface area contributed by atoms with E-state index >= 15 is 0 Å². The lowest BCUT2D eigenvalue weighted by molar-refractivity contribution is -0.928. The standard InChI is InChI=1S/C12H27N4/c1-4-9-16(10-5-2,11-6-3)12-7-8-14-15-13/h4-12H2,1-3H3/q+1. The summed E-state index contributed by atoms with van der Waals surface area (Å²) in [5.74, 6) is 0. The van der Waals surface area contributed by atoms with Crippen LogP contribution in [0.1, 0.15) is 46.5 Å². The van der Waals surface area contributed by atoms with Crippen LogP contribution in [0.15, 0.2) is 5.11 Å². The Morgan fingerprint density at radius 2 is 1.44 bits per heavy atom. The largest absolute Gasteiger partial charge is 0.324 e. The second kappa shape index (κ2) is 9.49. The average molecular weight is 227 g/mol. The molecule has 0 bridgehead atoms. The molecule has 0 aliphatic carbocycles. The van der Waals surface area contributed by atoms with E-state index in [0.717, 1.165) is 13.0 Å². The maximum Gasteiger partial charge on any atom is 0.0787 e. The highest BCUT2D eigenvalue weighted by atomic mass is 15.3. The van der Waals surface area contributed by atoms with Crippen LogP contribution < -0.4 is 0 Å². The zero-order valence-electron chi connectivity index (χ0n) is 11.2. The molecule has 0 saturated carbocycles. The van der Waals surface area contributed by atoms with Crippen LogP contribution in [0.5, 0.6) is 0 Å². The Bertz CT molecular complexity index is 192. The van der Waals surface area contributed by atoms with Gasteiger partial charge in [-0.05, 0) is 24.8 Å². The maximum absolute atomic E-state index is 8.26. The van der Waals surface area contributed by atoms with Crippen LogP contribution in [-0.2, 0) is 0 Å². The lowest BCUT2D eigenvalue weighted by atomic mass is 10.2. The molecule has 0 radical (unpaired) electrons. The summed E-state index contributed by atoms with van der Waals surface area (Å²) < 4.78 is 1.21. The van der Waals surface area contributed by atoms with Gasteiger partial charge in [0.2, 0.25) is 0 Å². The van der Waals surface area contributed by atoms with Crippen molar-refractivity contribution in [1.29, 1.82) is 0 Å². The third-order valence-electron chi connectivity index (χ3n) is 3.05. The van der Waals surface area contributed by atoms with E-state index in [4.69, 9.17) is 5.53 Å². The van der Waals surface area contributed by atoms with Crippen molar-refractivity contribution in [3.8, 4) is 0 Å². The molecule has 0 rings (SSSR count). The molecule has 0 aliphatic rings. The van der Waals surface area contributed by atoms with Crippen LogP contribution in [-0.4, -0.2) is 37.2 Å². The molecule has 0 amide bonds. The number of nitrogens with zero attached hydrogens (tertiary/aromatic N) is 4. The molecule has 4 heteroatoms. The topological polar surface area (TPSA) is 48.8 Å². The summed E-state index contributed by atoms with van der Waals surface area (Å²) in [6.45, 7) is 12.4. The summed E-state index contributed by atoms with van der Waals surface area (Å²) in [7, 11) is 0. The Hall–Kier alpha value is -0.730. The Labute approximate surface area is 99.9 Å². The third kappa shape index (κ3) is 5.99. The van der Waals surface area contributed by atoms with E-state index in [1.807, 2.05) is 0 Å². The molecule has 0 aromatic rings. The molecular formula is C12H27N4+. The van der Waals surface area contributed by atoms with E-state index in [0.29, 0.717) is 6.54 Å². The van der Waals surface area contributed by atoms with Crippen molar-refractivity contribution in [1.82, 2.24) is 0 Å². The molecule has 0 heterocycles. The zero-order chi connectivity index (χ0) is 12.3. The van der Waals surface area contributed by atoms with E-state index < -0.39 is 0 Å². The SMILES string of the molecule is CCC[N+](CCC)(CCC)CCCN=[N+]=[N-]. The van der Waals surface area contributed by atoms with Gasteiger partial charge in [-0.3, -0.25) is 0 Å². The Kier molecular flexibility index (Phi) is 9.06. The van der Waals surface area contributed by atoms with Gasteiger partial charge in [-0.15, -0.1) is 0 Å². The van der Waals surface area contributed by atoms with Gasteiger partial charge in [0.1, 0.15) is 0 Å². The van der Waals surface area contributed by atoms with Crippen LogP contribution in [0.25, 0.3) is 10.4 Å². The van der Waals surface area contributed by atoms with Crippen molar-refractivity contribution in [2.45, 2.75) is 46.5 Å². The van der Waals surface area contributed by atoms with Gasteiger partial charge >= 0.3 is 0 Å². The first-order chi connectivity index (χ1) is 7.74. The predicted octanol–water partition coefficient (Wildman–Crippen LogP) is 3.73. The highest BCUT2D eigenvalue weighted by molar-refractivity contribution is 4.50. The fourth-order valence-corrected chi connectivity index (χ4v) is 2.62. The minimum atomic E-state index is 0.646. The van der Waals surface area contributed by atoms with Crippen LogP contribution in [0, 0.1) is 0 Å². The van der Waals surface area contributed by atoms with Gasteiger partial charge in [-0.25, -0.2) is 0 Å². The number of rotatable bonds is 10. The predicted molar refractivity (Wildman–Crippen MR) is 69.2 cm³/mol. The van der Waals surface area contributed by atoms with Gasteiger partial charge in [-0.1, -0.05) is 25.9 Å². The third-order valence-corrected chi connectivity index (χ3v) is 3.05. The molecule has 0 fully saturated rings. The fourth-order valence-electron chi connectivity index (χ4n) is 2.62. The lowest BCUT2D eigenvalue weighted by Crippen LogP contribution is -2.50. The van der Waals surface area contributed by atoms with Gasteiger partial charge in [-0.2, -0.15) is 0 Å². The van der Waals surface area contributed by atoms with Crippen molar-refractivity contribution in [3.05, 3.63) is 10.4 Å². The Morgan fingerprint density at radius 1 is 0.938 bits per heavy atom. The molecule has 0 saturated heterocycles. The molecule has 0 unspecified atom stereocenters. The van der Waals surface area contributed by atoms with E-state index in [-0.39, 0.29) is 0 Å². The molecule has 16 heavy (non-hydrogen) atoms. The molecule has 94 valence electrons. The summed E-state index contributed by atoms with van der Waals surface area (Å²) in [5, 5.41) is 3.63. The van der Waals surface area contributed by atoms with E-state index in [1.165, 1.54) is 43.4 Å². The van der Waals surface area contributed by atoms with Crippen LogP contribution >= 0.6 is 0 Å². The fraction of sp³-hybridized carbons (Fsp3) is 1.00. The van der Waals surface area contributed by atoms with E-state index in [9.17, 15) is 0 Å². The minimum absolute atomic E-state index is 0.646. The zero-order valence-corrected chi connectivity index (χ0v) is 11.2. The highest BCUT2D eigenvalue weighted by Gasteiger charge is 2.23. The first-order valence-corrected chi connectivity index (χ1v) is 6.60. The summed E-state index contributed by atoms with van der Waals surface area (Å²) >= 11 is 0. The quantitative estimate of drug-likeness (QED) is 0.179. The summed E-state index contributed by atoms with van der Waals surface area (Å²) in [6, 6.07) is 0. The summed E-state index contributed by atoms with van der Waals surface area (Å²) in [4.78, 5) is 2.81. The molecule has 0 atom stereocenters. The molecule has 0 aromatic carbocycles. The van der Waals surface area contributed by atoms with Gasteiger partial charge < -0.3 is 4.48 Å². The maximum atomic E-state index is 8.26. The number of hydrogen-bond donors (Lipinski definition) is 0. The van der Waals surface area contributed by atoms with Gasteiger partial charge in [0.05, 0.1) is 26.2 Å². The van der Waals surface area contributed by atoms with Gasteiger partial charge in [0, 0.05) is 17.9 Å². The number of quaternary nitrogens is 1. The average Bonchev–Trinajstić information content (AvgIpc) is 2.26. The first kappa shape index (κ1) is 15.3. The number of hydrogen-bond acceptors (Lipinski definition) is 1. The molecule has 4 nitrogen and oxygen atoms in total. The normalized spacial score (nSPS) is 11.2. The molecule has 0 spiro atoms. The molecule has 0 N–H and O–H groups in total. The van der Waals surface area contributed by atoms with E-state index in [1.54, 1.807) is 0 Å². The monoisotopic (exact) mass is 227 g/mol. The van der Waals surface area contributed by atoms with Crippen molar-refractivity contribution in [3.63, 3.8) is 0 Å². The smallest absolute Gasteiger partial charge is 0.0787 e. The van der Waals surface area contributed by atoms with Gasteiger partial charge in [0.25, 0.3) is 0 Å². The van der Waals surface area contributed by atoms with Gasteiger partial charge in [0.15, 0.2) is 0 Å². The number of azide groups is 1. The molecular weight excluding hydrogens is 200 g/mol. The van der Waals surface area contributed by atoms with Crippen molar-refractivity contribution < 1.29 is 4.48 Å². The van der Waals surface area contributed by atoms with Crippen LogP contribution in [0.4, 0.5) is 0 Å². The molecule has 0 aromatic heterocycles. The van der Waals surface area contributed by atoms with Crippen LogP contribution in [0.2, 0.25) is 0 Å². The summed E-state index contributed by atoms with van der Waals surface area (Å²) in [5.41, 5.74) is 8.26. The minimum Gasteiger partial charge on any atom is -0.324 e. The summed E-state index contributed by atoms with van der Waals surface area (Å²) in [6.07, 6.45) is 4.73. The Balaban J connectivity index is 4.27. The highest BCUT2D eigenvalue weighted by Crippen LogP contribution is 2.13. The first-order valence-electron chi connectivity index (χ1n) is 6.60. The van der Waals surface area contributed by atoms with Crippen molar-refractivity contribution in [2.75, 3.05) is 32.7 Å². The van der Waals surface area contributed by atoms with Crippen LogP contribution in [0.3, 0.4) is 0 Å².